The van der Waals surface area contributed by atoms with Gasteiger partial charge in [-0.25, -0.2) is 4.98 Å². The van der Waals surface area contributed by atoms with Crippen LogP contribution in [0.3, 0.4) is 0 Å². The Labute approximate surface area is 103 Å². The fourth-order valence-electron chi connectivity index (χ4n) is 1.71. The van der Waals surface area contributed by atoms with Crippen LogP contribution in [0.4, 0.5) is 5.82 Å². The molecule has 0 radical (unpaired) electrons. The average Bonchev–Trinajstić information content (AvgIpc) is 2.63. The highest BCUT2D eigenvalue weighted by Gasteiger charge is 2.20. The van der Waals surface area contributed by atoms with Crippen molar-refractivity contribution in [2.75, 3.05) is 11.9 Å². The molecule has 1 aromatic rings. The van der Waals surface area contributed by atoms with Crippen LogP contribution >= 0.6 is 15.9 Å². The Morgan fingerprint density at radius 2 is 2.50 bits per heavy atom. The summed E-state index contributed by atoms with van der Waals surface area (Å²) < 4.78 is 0.955. The van der Waals surface area contributed by atoms with Crippen molar-refractivity contribution >= 4 is 27.7 Å². The fourth-order valence-corrected chi connectivity index (χ4v) is 2.32. The van der Waals surface area contributed by atoms with Gasteiger partial charge in [-0.3, -0.25) is 4.79 Å². The number of hydrogen-bond donors (Lipinski definition) is 2. The van der Waals surface area contributed by atoms with Gasteiger partial charge < -0.3 is 10.6 Å². The maximum Gasteiger partial charge on any atom is 0.220 e. The van der Waals surface area contributed by atoms with Crippen LogP contribution in [0.25, 0.3) is 0 Å². The lowest BCUT2D eigenvalue weighted by Crippen LogP contribution is -2.32. The molecule has 1 aromatic heterocycles. The lowest BCUT2D eigenvalue weighted by atomic mass is 10.2. The molecule has 2 N–H and O–H groups in total. The van der Waals surface area contributed by atoms with Crippen molar-refractivity contribution in [2.24, 2.45) is 0 Å². The largest absolute Gasteiger partial charge is 0.367 e. The van der Waals surface area contributed by atoms with Gasteiger partial charge in [0.2, 0.25) is 5.91 Å². The van der Waals surface area contributed by atoms with E-state index in [9.17, 15) is 4.79 Å². The second kappa shape index (κ2) is 4.82. The van der Waals surface area contributed by atoms with Crippen molar-refractivity contribution in [3.63, 3.8) is 0 Å². The Hall–Kier alpha value is -1.10. The second-order valence-electron chi connectivity index (χ2n) is 4.03. The van der Waals surface area contributed by atoms with Crippen molar-refractivity contribution in [2.45, 2.75) is 25.8 Å². The van der Waals surface area contributed by atoms with E-state index in [1.165, 1.54) is 0 Å². The number of nitrogens with zero attached hydrogens (tertiary/aromatic N) is 1. The van der Waals surface area contributed by atoms with Crippen molar-refractivity contribution in [3.8, 4) is 0 Å². The summed E-state index contributed by atoms with van der Waals surface area (Å²) in [5.41, 5.74) is 1.12. The molecule has 2 rings (SSSR count). The molecule has 86 valence electrons. The van der Waals surface area contributed by atoms with Gasteiger partial charge in [-0.1, -0.05) is 0 Å². The molecule has 1 amide bonds. The number of aryl methyl sites for hydroxylation is 1. The Kier molecular flexibility index (Phi) is 3.43. The zero-order valence-corrected chi connectivity index (χ0v) is 10.7. The number of anilines is 1. The summed E-state index contributed by atoms with van der Waals surface area (Å²) in [6, 6.07) is 2.24. The van der Waals surface area contributed by atoms with Gasteiger partial charge in [0.15, 0.2) is 0 Å². The molecule has 1 fully saturated rings. The van der Waals surface area contributed by atoms with Crippen molar-refractivity contribution in [1.82, 2.24) is 10.3 Å². The van der Waals surface area contributed by atoms with E-state index >= 15 is 0 Å². The summed E-state index contributed by atoms with van der Waals surface area (Å²) in [7, 11) is 0. The van der Waals surface area contributed by atoms with Crippen LogP contribution < -0.4 is 10.6 Å². The van der Waals surface area contributed by atoms with E-state index in [1.54, 1.807) is 0 Å². The number of hydrogen-bond acceptors (Lipinski definition) is 3. The Morgan fingerprint density at radius 3 is 3.12 bits per heavy atom. The molecular formula is C11H14BrN3O. The summed E-state index contributed by atoms with van der Waals surface area (Å²) in [5, 5.41) is 6.14. The molecule has 0 aromatic carbocycles. The van der Waals surface area contributed by atoms with Gasteiger partial charge in [-0.05, 0) is 40.9 Å². The molecule has 1 atom stereocenters. The predicted octanol–water partition coefficient (Wildman–Crippen LogP) is 1.84. The standard InChI is InChI=1S/C11H14BrN3O/c1-7-4-9(12)11(13-5-7)14-6-8-2-3-10(16)15-8/h4-5,8H,2-3,6H2,1H3,(H,13,14)(H,15,16). The summed E-state index contributed by atoms with van der Waals surface area (Å²) in [6.45, 7) is 2.72. The number of amides is 1. The van der Waals surface area contributed by atoms with E-state index in [-0.39, 0.29) is 11.9 Å². The first-order chi connectivity index (χ1) is 7.65. The summed E-state index contributed by atoms with van der Waals surface area (Å²) in [5.74, 6) is 0.967. The SMILES string of the molecule is Cc1cnc(NCC2CCC(=O)N2)c(Br)c1. The number of halogens is 1. The van der Waals surface area contributed by atoms with Gasteiger partial charge in [-0.2, -0.15) is 0 Å². The van der Waals surface area contributed by atoms with Crippen molar-refractivity contribution in [1.29, 1.82) is 0 Å². The molecule has 1 aliphatic heterocycles. The first kappa shape index (κ1) is 11.4. The first-order valence-electron chi connectivity index (χ1n) is 5.30. The third-order valence-corrected chi connectivity index (χ3v) is 3.18. The lowest BCUT2D eigenvalue weighted by molar-refractivity contribution is -0.119. The highest BCUT2D eigenvalue weighted by Crippen LogP contribution is 2.20. The average molecular weight is 284 g/mol. The zero-order valence-electron chi connectivity index (χ0n) is 9.09. The minimum atomic E-state index is 0.141. The van der Waals surface area contributed by atoms with Gasteiger partial charge in [0, 0.05) is 25.2 Å². The summed E-state index contributed by atoms with van der Waals surface area (Å²) in [4.78, 5) is 15.3. The third kappa shape index (κ3) is 2.72. The highest BCUT2D eigenvalue weighted by atomic mass is 79.9. The lowest BCUT2D eigenvalue weighted by Gasteiger charge is -2.12. The van der Waals surface area contributed by atoms with Crippen LogP contribution in [0.1, 0.15) is 18.4 Å². The van der Waals surface area contributed by atoms with E-state index in [4.69, 9.17) is 0 Å². The smallest absolute Gasteiger partial charge is 0.220 e. The van der Waals surface area contributed by atoms with Gasteiger partial charge in [0.05, 0.1) is 4.47 Å². The second-order valence-corrected chi connectivity index (χ2v) is 4.88. The molecule has 1 saturated heterocycles. The van der Waals surface area contributed by atoms with E-state index in [0.717, 1.165) is 28.8 Å². The Morgan fingerprint density at radius 1 is 1.69 bits per heavy atom. The van der Waals surface area contributed by atoms with Crippen LogP contribution in [-0.2, 0) is 4.79 Å². The number of nitrogens with one attached hydrogen (secondary N) is 2. The molecule has 4 nitrogen and oxygen atoms in total. The van der Waals surface area contributed by atoms with Crippen LogP contribution in [0, 0.1) is 6.92 Å². The van der Waals surface area contributed by atoms with Crippen molar-refractivity contribution in [3.05, 3.63) is 22.3 Å². The molecule has 0 aliphatic carbocycles. The normalized spacial score (nSPS) is 19.6. The molecular weight excluding hydrogens is 270 g/mol. The predicted molar refractivity (Wildman–Crippen MR) is 66.3 cm³/mol. The number of carbonyl (C=O) groups is 1. The van der Waals surface area contributed by atoms with E-state index < -0.39 is 0 Å². The highest BCUT2D eigenvalue weighted by molar-refractivity contribution is 9.10. The van der Waals surface area contributed by atoms with Crippen LogP contribution in [-0.4, -0.2) is 23.5 Å². The zero-order chi connectivity index (χ0) is 11.5. The van der Waals surface area contributed by atoms with Gasteiger partial charge in [0.25, 0.3) is 0 Å². The molecule has 5 heteroatoms. The third-order valence-electron chi connectivity index (χ3n) is 2.58. The topological polar surface area (TPSA) is 54.0 Å². The Bertz CT molecular complexity index is 408. The van der Waals surface area contributed by atoms with Gasteiger partial charge in [-0.15, -0.1) is 0 Å². The molecule has 0 spiro atoms. The van der Waals surface area contributed by atoms with E-state index in [0.29, 0.717) is 6.42 Å². The van der Waals surface area contributed by atoms with Gasteiger partial charge in [0.1, 0.15) is 5.82 Å². The van der Waals surface area contributed by atoms with Crippen LogP contribution in [0.2, 0.25) is 0 Å². The van der Waals surface area contributed by atoms with Crippen LogP contribution in [0.15, 0.2) is 16.7 Å². The minimum Gasteiger partial charge on any atom is -0.367 e. The molecule has 0 bridgehead atoms. The molecule has 0 saturated carbocycles. The monoisotopic (exact) mass is 283 g/mol. The number of aromatic nitrogens is 1. The van der Waals surface area contributed by atoms with E-state index in [1.807, 2.05) is 19.2 Å². The quantitative estimate of drug-likeness (QED) is 0.890. The molecule has 2 heterocycles. The molecule has 16 heavy (non-hydrogen) atoms. The van der Waals surface area contributed by atoms with Crippen molar-refractivity contribution < 1.29 is 4.79 Å². The Balaban J connectivity index is 1.92. The van der Waals surface area contributed by atoms with Gasteiger partial charge >= 0.3 is 0 Å². The summed E-state index contributed by atoms with van der Waals surface area (Å²) >= 11 is 3.46. The summed E-state index contributed by atoms with van der Waals surface area (Å²) in [6.07, 6.45) is 3.35. The van der Waals surface area contributed by atoms with Crippen LogP contribution in [0.5, 0.6) is 0 Å². The maximum atomic E-state index is 11.0. The molecule has 1 unspecified atom stereocenters. The minimum absolute atomic E-state index is 0.141. The van der Waals surface area contributed by atoms with E-state index in [2.05, 4.69) is 31.5 Å². The fraction of sp³-hybridized carbons (Fsp3) is 0.455. The first-order valence-corrected chi connectivity index (χ1v) is 6.10. The maximum absolute atomic E-state index is 11.0. The number of carbonyl (C=O) groups excluding carboxylic acids is 1. The number of pyridine rings is 1. The number of rotatable bonds is 3. The molecule has 1 aliphatic rings.